The number of methoxy groups -OCH3 is 1. The van der Waals surface area contributed by atoms with E-state index >= 15 is 0 Å². The van der Waals surface area contributed by atoms with Crippen molar-refractivity contribution in [3.8, 4) is 16.3 Å². The van der Waals surface area contributed by atoms with Gasteiger partial charge < -0.3 is 4.74 Å². The maximum atomic E-state index is 12.4. The number of urea groups is 1. The molecule has 7 nitrogen and oxygen atoms in total. The van der Waals surface area contributed by atoms with Gasteiger partial charge in [0.15, 0.2) is 0 Å². The lowest BCUT2D eigenvalue weighted by Crippen LogP contribution is -2.33. The fourth-order valence-corrected chi connectivity index (χ4v) is 3.91. The Morgan fingerprint density at radius 3 is 2.63 bits per heavy atom. The Bertz CT molecular complexity index is 898. The lowest BCUT2D eigenvalue weighted by molar-refractivity contribution is -0.143. The molecule has 1 aromatic carbocycles. The number of hydrogen-bond acceptors (Lipinski definition) is 6. The van der Waals surface area contributed by atoms with Gasteiger partial charge in [0.25, 0.3) is 0 Å². The van der Waals surface area contributed by atoms with Gasteiger partial charge in [-0.1, -0.05) is 29.3 Å². The van der Waals surface area contributed by atoms with Crippen LogP contribution in [0.5, 0.6) is 5.75 Å². The molecule has 2 aromatic rings. The van der Waals surface area contributed by atoms with Crippen molar-refractivity contribution in [2.24, 2.45) is 0 Å². The van der Waals surface area contributed by atoms with Gasteiger partial charge in [-0.3, -0.25) is 14.5 Å². The monoisotopic (exact) mass is 451 g/mol. The van der Waals surface area contributed by atoms with Gasteiger partial charge in [-0.05, 0) is 24.6 Å². The standard InChI is InChI=1S/C18H18BrN3O4S/c1-3-4-7-21-16(23)17(24)22(18(21)25)9-12-10-27-15(20-12)13-8-11(19)5-6-14(13)26-2/h5-6,8,10H,3-4,7,9H2,1-2H3. The van der Waals surface area contributed by atoms with E-state index in [-0.39, 0.29) is 13.1 Å². The quantitative estimate of drug-likeness (QED) is 0.473. The first-order valence-electron chi connectivity index (χ1n) is 8.42. The maximum Gasteiger partial charge on any atom is 0.334 e. The van der Waals surface area contributed by atoms with Crippen molar-refractivity contribution < 1.29 is 19.1 Å². The molecule has 1 fully saturated rings. The highest BCUT2D eigenvalue weighted by atomic mass is 79.9. The largest absolute Gasteiger partial charge is 0.496 e. The number of imide groups is 2. The van der Waals surface area contributed by atoms with E-state index in [4.69, 9.17) is 4.74 Å². The molecule has 1 saturated heterocycles. The average molecular weight is 452 g/mol. The summed E-state index contributed by atoms with van der Waals surface area (Å²) >= 11 is 4.81. The van der Waals surface area contributed by atoms with Gasteiger partial charge in [-0.25, -0.2) is 14.7 Å². The summed E-state index contributed by atoms with van der Waals surface area (Å²) in [7, 11) is 1.58. The lowest BCUT2D eigenvalue weighted by Gasteiger charge is -2.14. The SMILES string of the molecule is CCCCN1C(=O)C(=O)N(Cc2csc(-c3cc(Br)ccc3OC)n2)C1=O. The van der Waals surface area contributed by atoms with Gasteiger partial charge in [0.1, 0.15) is 10.8 Å². The van der Waals surface area contributed by atoms with Crippen molar-refractivity contribution in [3.05, 3.63) is 33.7 Å². The zero-order chi connectivity index (χ0) is 19.6. The number of carbonyl (C=O) groups excluding carboxylic acids is 3. The van der Waals surface area contributed by atoms with Crippen LogP contribution in [0.4, 0.5) is 4.79 Å². The van der Waals surface area contributed by atoms with Crippen LogP contribution in [0.3, 0.4) is 0 Å². The van der Waals surface area contributed by atoms with E-state index in [1.807, 2.05) is 25.1 Å². The maximum absolute atomic E-state index is 12.4. The number of ether oxygens (including phenoxy) is 1. The minimum Gasteiger partial charge on any atom is -0.496 e. The normalized spacial score (nSPS) is 14.4. The van der Waals surface area contributed by atoms with Crippen LogP contribution in [-0.2, 0) is 16.1 Å². The molecular formula is C18H18BrN3O4S. The molecule has 0 bridgehead atoms. The van der Waals surface area contributed by atoms with Crippen molar-refractivity contribution >= 4 is 45.1 Å². The fraction of sp³-hybridized carbons (Fsp3) is 0.333. The van der Waals surface area contributed by atoms with Crippen LogP contribution >= 0.6 is 27.3 Å². The van der Waals surface area contributed by atoms with Gasteiger partial charge in [-0.15, -0.1) is 11.3 Å². The van der Waals surface area contributed by atoms with Crippen molar-refractivity contribution in [1.82, 2.24) is 14.8 Å². The van der Waals surface area contributed by atoms with Crippen LogP contribution in [-0.4, -0.2) is 46.3 Å². The molecule has 0 atom stereocenters. The third kappa shape index (κ3) is 3.89. The Morgan fingerprint density at radius 2 is 1.93 bits per heavy atom. The minimum absolute atomic E-state index is 0.0289. The van der Waals surface area contributed by atoms with Crippen molar-refractivity contribution in [1.29, 1.82) is 0 Å². The Balaban J connectivity index is 1.80. The Labute approximate surface area is 169 Å². The van der Waals surface area contributed by atoms with Crippen molar-refractivity contribution in [2.75, 3.05) is 13.7 Å². The zero-order valence-electron chi connectivity index (χ0n) is 14.9. The number of benzene rings is 1. The molecule has 0 radical (unpaired) electrons. The third-order valence-corrected chi connectivity index (χ3v) is 5.55. The Hall–Kier alpha value is -2.26. The van der Waals surface area contributed by atoms with Crippen LogP contribution in [0.1, 0.15) is 25.5 Å². The van der Waals surface area contributed by atoms with E-state index in [0.29, 0.717) is 22.9 Å². The number of hydrogen-bond donors (Lipinski definition) is 0. The molecule has 1 aromatic heterocycles. The minimum atomic E-state index is -0.800. The van der Waals surface area contributed by atoms with Crippen molar-refractivity contribution in [3.63, 3.8) is 0 Å². The van der Waals surface area contributed by atoms with Gasteiger partial charge in [0, 0.05) is 16.4 Å². The summed E-state index contributed by atoms with van der Waals surface area (Å²) in [5.41, 5.74) is 1.35. The first-order chi connectivity index (χ1) is 13.0. The van der Waals surface area contributed by atoms with Crippen LogP contribution in [0.15, 0.2) is 28.1 Å². The molecule has 1 aliphatic heterocycles. The number of aromatic nitrogens is 1. The van der Waals surface area contributed by atoms with E-state index in [1.165, 1.54) is 11.3 Å². The molecular weight excluding hydrogens is 434 g/mol. The van der Waals surface area contributed by atoms with Gasteiger partial charge >= 0.3 is 17.8 Å². The molecule has 27 heavy (non-hydrogen) atoms. The highest BCUT2D eigenvalue weighted by Crippen LogP contribution is 2.34. The molecule has 0 saturated carbocycles. The smallest absolute Gasteiger partial charge is 0.334 e. The first-order valence-corrected chi connectivity index (χ1v) is 10.1. The molecule has 0 aliphatic carbocycles. The van der Waals surface area contributed by atoms with Crippen LogP contribution in [0, 0.1) is 0 Å². The molecule has 3 rings (SSSR count). The number of halogens is 1. The molecule has 4 amide bonds. The van der Waals surface area contributed by atoms with Crippen LogP contribution in [0.2, 0.25) is 0 Å². The van der Waals surface area contributed by atoms with Gasteiger partial charge in [-0.2, -0.15) is 0 Å². The molecule has 0 N–H and O–H groups in total. The van der Waals surface area contributed by atoms with E-state index in [9.17, 15) is 14.4 Å². The van der Waals surface area contributed by atoms with Crippen molar-refractivity contribution in [2.45, 2.75) is 26.3 Å². The highest BCUT2D eigenvalue weighted by molar-refractivity contribution is 9.10. The first kappa shape index (κ1) is 19.5. The molecule has 2 heterocycles. The number of carbonyl (C=O) groups is 3. The molecule has 0 unspecified atom stereocenters. The average Bonchev–Trinajstić information content (AvgIpc) is 3.20. The zero-order valence-corrected chi connectivity index (χ0v) is 17.3. The van der Waals surface area contributed by atoms with E-state index in [2.05, 4.69) is 20.9 Å². The summed E-state index contributed by atoms with van der Waals surface area (Å²) in [6.07, 6.45) is 1.50. The van der Waals surface area contributed by atoms with E-state index in [1.54, 1.807) is 12.5 Å². The summed E-state index contributed by atoms with van der Waals surface area (Å²) in [6, 6.07) is 5.02. The van der Waals surface area contributed by atoms with Gasteiger partial charge in [0.2, 0.25) is 0 Å². The molecule has 1 aliphatic rings. The highest BCUT2D eigenvalue weighted by Gasteiger charge is 2.44. The Morgan fingerprint density at radius 1 is 1.19 bits per heavy atom. The topological polar surface area (TPSA) is 79.8 Å². The number of amides is 4. The fourth-order valence-electron chi connectivity index (χ4n) is 2.72. The summed E-state index contributed by atoms with van der Waals surface area (Å²) in [4.78, 5) is 43.1. The van der Waals surface area contributed by atoms with Crippen LogP contribution < -0.4 is 4.74 Å². The molecule has 9 heteroatoms. The summed E-state index contributed by atoms with van der Waals surface area (Å²) in [5, 5.41) is 2.48. The lowest BCUT2D eigenvalue weighted by atomic mass is 10.2. The summed E-state index contributed by atoms with van der Waals surface area (Å²) in [6.45, 7) is 2.18. The van der Waals surface area contributed by atoms with E-state index in [0.717, 1.165) is 26.3 Å². The predicted molar refractivity (Wildman–Crippen MR) is 104 cm³/mol. The Kier molecular flexibility index (Phi) is 5.91. The number of rotatable bonds is 7. The second kappa shape index (κ2) is 8.18. The molecule has 142 valence electrons. The number of thiazole rings is 1. The predicted octanol–water partition coefficient (Wildman–Crippen LogP) is 3.67. The number of unbranched alkanes of at least 4 members (excludes halogenated alkanes) is 1. The van der Waals surface area contributed by atoms with Gasteiger partial charge in [0.05, 0.1) is 24.9 Å². The third-order valence-electron chi connectivity index (χ3n) is 4.13. The second-order valence-electron chi connectivity index (χ2n) is 5.97. The van der Waals surface area contributed by atoms with E-state index < -0.39 is 17.8 Å². The molecule has 0 spiro atoms. The van der Waals surface area contributed by atoms with Crippen LogP contribution in [0.25, 0.3) is 10.6 Å². The second-order valence-corrected chi connectivity index (χ2v) is 7.75. The number of nitrogens with zero attached hydrogens (tertiary/aromatic N) is 3. The summed E-state index contributed by atoms with van der Waals surface area (Å²) < 4.78 is 6.26. The summed E-state index contributed by atoms with van der Waals surface area (Å²) in [5.74, 6) is -0.892.